The number of nitrogens with one attached hydrogen (secondary N) is 1. The minimum Gasteiger partial charge on any atom is -0.348 e. The summed E-state index contributed by atoms with van der Waals surface area (Å²) in [5.74, 6) is -0.166. The fraction of sp³-hybridized carbons (Fsp3) is 0.0500. The summed E-state index contributed by atoms with van der Waals surface area (Å²) in [4.78, 5) is 11.9. The van der Waals surface area contributed by atoms with E-state index in [1.807, 2.05) is 36.5 Å². The molecule has 0 spiro atoms. The first-order valence-corrected chi connectivity index (χ1v) is 7.79. The van der Waals surface area contributed by atoms with Gasteiger partial charge in [0, 0.05) is 25.0 Å². The van der Waals surface area contributed by atoms with Crippen LogP contribution in [0.4, 0.5) is 0 Å². The van der Waals surface area contributed by atoms with Gasteiger partial charge in [-0.05, 0) is 47.5 Å². The molecule has 1 N–H and O–H groups in total. The van der Waals surface area contributed by atoms with Crippen LogP contribution >= 0.6 is 0 Å². The first kappa shape index (κ1) is 16.2. The molecule has 1 heterocycles. The molecule has 3 aromatic rings. The van der Waals surface area contributed by atoms with Gasteiger partial charge in [-0.25, -0.2) is 4.68 Å². The Bertz CT molecular complexity index is 902. The molecule has 0 saturated heterocycles. The van der Waals surface area contributed by atoms with Gasteiger partial charge in [-0.15, -0.1) is 0 Å². The lowest BCUT2D eigenvalue weighted by Gasteiger charge is -2.05. The highest BCUT2D eigenvalue weighted by Crippen LogP contribution is 2.09. The van der Waals surface area contributed by atoms with Crippen molar-refractivity contribution in [3.63, 3.8) is 0 Å². The summed E-state index contributed by atoms with van der Waals surface area (Å²) in [6, 6.07) is 18.8. The van der Waals surface area contributed by atoms with E-state index in [4.69, 9.17) is 5.26 Å². The largest absolute Gasteiger partial charge is 0.348 e. The third-order valence-electron chi connectivity index (χ3n) is 3.64. The molecule has 0 bridgehead atoms. The van der Waals surface area contributed by atoms with Gasteiger partial charge in [0.1, 0.15) is 0 Å². The normalized spacial score (nSPS) is 10.5. The van der Waals surface area contributed by atoms with Crippen molar-refractivity contribution >= 4 is 12.0 Å². The highest BCUT2D eigenvalue weighted by Gasteiger charge is 1.99. The van der Waals surface area contributed by atoms with Crippen molar-refractivity contribution < 1.29 is 4.79 Å². The molecule has 122 valence electrons. The highest BCUT2D eigenvalue weighted by atomic mass is 16.1. The zero-order valence-corrected chi connectivity index (χ0v) is 13.5. The Labute approximate surface area is 145 Å². The van der Waals surface area contributed by atoms with Gasteiger partial charge < -0.3 is 5.32 Å². The van der Waals surface area contributed by atoms with Gasteiger partial charge in [0.05, 0.1) is 17.3 Å². The number of carbonyl (C=O) groups excluding carboxylic acids is 1. The van der Waals surface area contributed by atoms with Gasteiger partial charge in [-0.3, -0.25) is 4.79 Å². The Morgan fingerprint density at radius 3 is 2.56 bits per heavy atom. The number of hydrogen-bond donors (Lipinski definition) is 1. The van der Waals surface area contributed by atoms with E-state index in [9.17, 15) is 4.79 Å². The second kappa shape index (κ2) is 7.75. The summed E-state index contributed by atoms with van der Waals surface area (Å²) >= 11 is 0. The van der Waals surface area contributed by atoms with E-state index in [-0.39, 0.29) is 5.91 Å². The summed E-state index contributed by atoms with van der Waals surface area (Å²) < 4.78 is 1.78. The maximum atomic E-state index is 11.9. The van der Waals surface area contributed by atoms with Crippen molar-refractivity contribution in [2.45, 2.75) is 6.54 Å². The fourth-order valence-corrected chi connectivity index (χ4v) is 2.28. The minimum absolute atomic E-state index is 0.166. The van der Waals surface area contributed by atoms with E-state index in [2.05, 4.69) is 16.5 Å². The van der Waals surface area contributed by atoms with E-state index in [1.165, 1.54) is 6.08 Å². The average molecular weight is 328 g/mol. The summed E-state index contributed by atoms with van der Waals surface area (Å²) in [5.41, 5.74) is 3.45. The summed E-state index contributed by atoms with van der Waals surface area (Å²) in [7, 11) is 0. The molecule has 0 unspecified atom stereocenters. The lowest BCUT2D eigenvalue weighted by atomic mass is 10.1. The molecular formula is C20H16N4O. The molecule has 0 aliphatic carbocycles. The lowest BCUT2D eigenvalue weighted by Crippen LogP contribution is -2.20. The molecule has 25 heavy (non-hydrogen) atoms. The Morgan fingerprint density at radius 1 is 1.16 bits per heavy atom. The van der Waals surface area contributed by atoms with Crippen LogP contribution in [-0.2, 0) is 11.3 Å². The fourth-order valence-electron chi connectivity index (χ4n) is 2.28. The molecule has 0 radical (unpaired) electrons. The Kier molecular flexibility index (Phi) is 5.03. The summed E-state index contributed by atoms with van der Waals surface area (Å²) in [6.07, 6.45) is 6.82. The van der Waals surface area contributed by atoms with Gasteiger partial charge >= 0.3 is 0 Å². The molecule has 0 aliphatic rings. The number of nitriles is 1. The predicted octanol–water partition coefficient (Wildman–Crippen LogP) is 3.07. The smallest absolute Gasteiger partial charge is 0.244 e. The molecule has 1 amide bonds. The predicted molar refractivity (Wildman–Crippen MR) is 95.6 cm³/mol. The summed E-state index contributed by atoms with van der Waals surface area (Å²) in [6.45, 7) is 0.454. The molecule has 5 nitrogen and oxygen atoms in total. The van der Waals surface area contributed by atoms with E-state index in [0.717, 1.165) is 16.8 Å². The number of rotatable bonds is 5. The average Bonchev–Trinajstić information content (AvgIpc) is 3.20. The Morgan fingerprint density at radius 2 is 1.92 bits per heavy atom. The minimum atomic E-state index is -0.166. The van der Waals surface area contributed by atoms with Gasteiger partial charge in [0.25, 0.3) is 0 Å². The Balaban J connectivity index is 1.53. The maximum Gasteiger partial charge on any atom is 0.244 e. The molecular weight excluding hydrogens is 312 g/mol. The number of nitrogens with zero attached hydrogens (tertiary/aromatic N) is 3. The number of amides is 1. The van der Waals surface area contributed by atoms with Crippen LogP contribution in [0, 0.1) is 11.3 Å². The van der Waals surface area contributed by atoms with Crippen LogP contribution in [0.1, 0.15) is 16.7 Å². The molecule has 0 saturated carbocycles. The van der Waals surface area contributed by atoms with Crippen molar-refractivity contribution in [3.8, 4) is 11.8 Å². The van der Waals surface area contributed by atoms with Crippen molar-refractivity contribution in [2.24, 2.45) is 0 Å². The Hall–Kier alpha value is -3.65. The first-order chi connectivity index (χ1) is 12.2. The maximum absolute atomic E-state index is 11.9. The number of hydrogen-bond acceptors (Lipinski definition) is 3. The zero-order chi connectivity index (χ0) is 17.5. The van der Waals surface area contributed by atoms with Crippen molar-refractivity contribution in [3.05, 3.63) is 89.8 Å². The first-order valence-electron chi connectivity index (χ1n) is 7.79. The van der Waals surface area contributed by atoms with Gasteiger partial charge in [0.15, 0.2) is 0 Å². The quantitative estimate of drug-likeness (QED) is 0.732. The van der Waals surface area contributed by atoms with Crippen LogP contribution in [-0.4, -0.2) is 15.7 Å². The second-order valence-electron chi connectivity index (χ2n) is 5.40. The molecule has 3 rings (SSSR count). The molecule has 0 atom stereocenters. The highest BCUT2D eigenvalue weighted by molar-refractivity contribution is 5.91. The number of benzene rings is 2. The van der Waals surface area contributed by atoms with Crippen molar-refractivity contribution in [2.75, 3.05) is 0 Å². The molecule has 5 heteroatoms. The van der Waals surface area contributed by atoms with Crippen LogP contribution in [0.25, 0.3) is 11.8 Å². The molecule has 1 aromatic heterocycles. The van der Waals surface area contributed by atoms with E-state index < -0.39 is 0 Å². The number of carbonyl (C=O) groups is 1. The topological polar surface area (TPSA) is 70.7 Å². The van der Waals surface area contributed by atoms with Gasteiger partial charge in [-0.2, -0.15) is 10.4 Å². The van der Waals surface area contributed by atoms with Crippen LogP contribution in [0.2, 0.25) is 0 Å². The lowest BCUT2D eigenvalue weighted by molar-refractivity contribution is -0.116. The van der Waals surface area contributed by atoms with Crippen molar-refractivity contribution in [1.29, 1.82) is 5.26 Å². The van der Waals surface area contributed by atoms with Crippen LogP contribution in [0.15, 0.2) is 73.1 Å². The van der Waals surface area contributed by atoms with Gasteiger partial charge in [-0.1, -0.05) is 24.3 Å². The van der Waals surface area contributed by atoms with E-state index in [0.29, 0.717) is 12.1 Å². The molecule has 0 fully saturated rings. The van der Waals surface area contributed by atoms with E-state index >= 15 is 0 Å². The molecule has 0 aliphatic heterocycles. The summed E-state index contributed by atoms with van der Waals surface area (Å²) in [5, 5.41) is 15.8. The SMILES string of the molecule is N#Cc1ccc(C=CC(=O)NCc2ccc(-n3cccn3)cc2)cc1. The van der Waals surface area contributed by atoms with Gasteiger partial charge in [0.2, 0.25) is 5.91 Å². The molecule has 2 aromatic carbocycles. The third-order valence-corrected chi connectivity index (χ3v) is 3.64. The van der Waals surface area contributed by atoms with Crippen LogP contribution in [0.5, 0.6) is 0 Å². The zero-order valence-electron chi connectivity index (χ0n) is 13.5. The van der Waals surface area contributed by atoms with E-state index in [1.54, 1.807) is 41.2 Å². The number of aromatic nitrogens is 2. The van der Waals surface area contributed by atoms with Crippen molar-refractivity contribution in [1.82, 2.24) is 15.1 Å². The monoisotopic (exact) mass is 328 g/mol. The van der Waals surface area contributed by atoms with Crippen LogP contribution < -0.4 is 5.32 Å². The second-order valence-corrected chi connectivity index (χ2v) is 5.40. The van der Waals surface area contributed by atoms with Crippen LogP contribution in [0.3, 0.4) is 0 Å². The third kappa shape index (κ3) is 4.43. The standard InChI is InChI=1S/C20H16N4O/c21-14-17-4-2-16(3-5-17)8-11-20(25)22-15-18-6-9-19(10-7-18)24-13-1-12-23-24/h1-13H,15H2,(H,22,25).